The van der Waals surface area contributed by atoms with Crippen LogP contribution in [-0.2, 0) is 0 Å². The smallest absolute Gasteiger partial charge is 0.0179 e. The number of rotatable bonds is 3. The monoisotopic (exact) mass is 187 g/mol. The highest BCUT2D eigenvalue weighted by Gasteiger charge is 2.10. The molecule has 80 valence electrons. The van der Waals surface area contributed by atoms with Gasteiger partial charge in [-0.1, -0.05) is 58.8 Å². The van der Waals surface area contributed by atoms with Gasteiger partial charge in [-0.3, -0.25) is 0 Å². The van der Waals surface area contributed by atoms with E-state index in [-0.39, 0.29) is 0 Å². The van der Waals surface area contributed by atoms with E-state index < -0.39 is 0 Å². The van der Waals surface area contributed by atoms with Crippen molar-refractivity contribution in [2.75, 3.05) is 6.54 Å². The molecule has 0 aromatic heterocycles. The summed E-state index contributed by atoms with van der Waals surface area (Å²) < 4.78 is 0. The van der Waals surface area contributed by atoms with Gasteiger partial charge in [0, 0.05) is 6.54 Å². The van der Waals surface area contributed by atoms with Crippen molar-refractivity contribution in [3.05, 3.63) is 0 Å². The molecular weight excluding hydrogens is 162 g/mol. The number of hydrogen-bond acceptors (Lipinski definition) is 2. The molecule has 1 saturated carbocycles. The summed E-state index contributed by atoms with van der Waals surface area (Å²) in [6.45, 7) is 4.74. The predicted molar refractivity (Wildman–Crippen MR) is 56.9 cm³/mol. The molecule has 2 nitrogen and oxygen atoms in total. The zero-order valence-corrected chi connectivity index (χ0v) is 9.18. The summed E-state index contributed by atoms with van der Waals surface area (Å²) in [5.74, 6) is 1.10. The van der Waals surface area contributed by atoms with Gasteiger partial charge in [-0.2, -0.15) is 0 Å². The Labute approximate surface area is 82.7 Å². The highest BCUT2D eigenvalue weighted by molar-refractivity contribution is 4.64. The van der Waals surface area contributed by atoms with Crippen LogP contribution in [0.4, 0.5) is 0 Å². The third-order valence-corrected chi connectivity index (χ3v) is 2.58. The van der Waals surface area contributed by atoms with E-state index in [0.29, 0.717) is 6.54 Å². The van der Waals surface area contributed by atoms with Crippen LogP contribution < -0.4 is 5.48 Å². The van der Waals surface area contributed by atoms with Crippen LogP contribution in [0.15, 0.2) is 0 Å². The van der Waals surface area contributed by atoms with Gasteiger partial charge in [-0.05, 0) is 5.92 Å². The van der Waals surface area contributed by atoms with Crippen LogP contribution in [0.3, 0.4) is 0 Å². The van der Waals surface area contributed by atoms with Crippen LogP contribution in [0.25, 0.3) is 0 Å². The minimum absolute atomic E-state index is 0.625. The Morgan fingerprint density at radius 3 is 2.08 bits per heavy atom. The van der Waals surface area contributed by atoms with E-state index in [4.69, 9.17) is 5.21 Å². The number of hydrogen-bond donors (Lipinski definition) is 2. The van der Waals surface area contributed by atoms with E-state index in [2.05, 4.69) is 6.92 Å². The second-order valence-corrected chi connectivity index (χ2v) is 3.80. The predicted octanol–water partition coefficient (Wildman–Crippen LogP) is 3.35. The zero-order valence-electron chi connectivity index (χ0n) is 9.18. The molecule has 0 spiro atoms. The second-order valence-electron chi connectivity index (χ2n) is 3.80. The number of hydroxylamine groups is 1. The average Bonchev–Trinajstić information content (AvgIpc) is 2.20. The second kappa shape index (κ2) is 10.0. The Balaban J connectivity index is 0.000000310. The van der Waals surface area contributed by atoms with Crippen LogP contribution in [0.5, 0.6) is 0 Å². The van der Waals surface area contributed by atoms with Crippen molar-refractivity contribution >= 4 is 0 Å². The van der Waals surface area contributed by atoms with Gasteiger partial charge in [0.25, 0.3) is 0 Å². The average molecular weight is 187 g/mol. The molecule has 0 atom stereocenters. The van der Waals surface area contributed by atoms with Crippen LogP contribution in [0, 0.1) is 5.92 Å². The Kier molecular flexibility index (Phi) is 9.94. The third-order valence-electron chi connectivity index (χ3n) is 2.58. The van der Waals surface area contributed by atoms with Crippen LogP contribution >= 0.6 is 0 Å². The molecule has 0 radical (unpaired) electrons. The summed E-state index contributed by atoms with van der Waals surface area (Å²) in [6, 6.07) is 0. The van der Waals surface area contributed by atoms with Crippen molar-refractivity contribution in [1.29, 1.82) is 0 Å². The molecule has 1 fully saturated rings. The van der Waals surface area contributed by atoms with E-state index in [1.54, 1.807) is 0 Å². The Bertz CT molecular complexity index is 85.3. The molecule has 0 amide bonds. The topological polar surface area (TPSA) is 32.3 Å². The molecule has 0 aromatic carbocycles. The quantitative estimate of drug-likeness (QED) is 0.664. The molecule has 1 aliphatic rings. The molecule has 0 aromatic rings. The maximum atomic E-state index is 7.62. The highest BCUT2D eigenvalue weighted by atomic mass is 16.5. The Morgan fingerprint density at radius 1 is 1.15 bits per heavy atom. The molecule has 1 rings (SSSR count). The SMILES string of the molecule is CCCC1CCCCC1.CCNO. The lowest BCUT2D eigenvalue weighted by atomic mass is 9.86. The third kappa shape index (κ3) is 8.26. The summed E-state index contributed by atoms with van der Waals surface area (Å²) >= 11 is 0. The van der Waals surface area contributed by atoms with Crippen LogP contribution in [-0.4, -0.2) is 11.8 Å². The standard InChI is InChI=1S/C9H18.C2H7NO/c1-2-6-9-7-4-3-5-8-9;1-2-3-4/h9H,2-8H2,1H3;3-4H,2H2,1H3. The van der Waals surface area contributed by atoms with E-state index in [0.717, 1.165) is 5.92 Å². The van der Waals surface area contributed by atoms with Gasteiger partial charge in [0.05, 0.1) is 0 Å². The fourth-order valence-corrected chi connectivity index (χ4v) is 1.88. The molecule has 2 N–H and O–H groups in total. The van der Waals surface area contributed by atoms with Gasteiger partial charge in [-0.15, -0.1) is 0 Å². The summed E-state index contributed by atoms with van der Waals surface area (Å²) in [7, 11) is 0. The first kappa shape index (κ1) is 12.9. The van der Waals surface area contributed by atoms with E-state index >= 15 is 0 Å². The van der Waals surface area contributed by atoms with Crippen molar-refractivity contribution in [3.8, 4) is 0 Å². The maximum absolute atomic E-state index is 7.62. The van der Waals surface area contributed by atoms with E-state index in [1.165, 1.54) is 44.9 Å². The lowest BCUT2D eigenvalue weighted by Gasteiger charge is -2.20. The van der Waals surface area contributed by atoms with Gasteiger partial charge < -0.3 is 5.21 Å². The van der Waals surface area contributed by atoms with Crippen LogP contribution in [0.1, 0.15) is 58.8 Å². The summed E-state index contributed by atoms with van der Waals surface area (Å²) in [6.07, 6.45) is 10.4. The Morgan fingerprint density at radius 2 is 1.69 bits per heavy atom. The first-order chi connectivity index (χ1) is 6.35. The first-order valence-electron chi connectivity index (χ1n) is 5.72. The molecule has 0 bridgehead atoms. The minimum atomic E-state index is 0.625. The molecule has 2 heteroatoms. The van der Waals surface area contributed by atoms with Crippen molar-refractivity contribution in [2.24, 2.45) is 5.92 Å². The summed E-state index contributed by atoms with van der Waals surface area (Å²) in [4.78, 5) is 0. The van der Waals surface area contributed by atoms with E-state index in [1.807, 2.05) is 12.4 Å². The summed E-state index contributed by atoms with van der Waals surface area (Å²) in [5, 5.41) is 7.62. The van der Waals surface area contributed by atoms with Gasteiger partial charge in [0.15, 0.2) is 0 Å². The maximum Gasteiger partial charge on any atom is 0.0179 e. The van der Waals surface area contributed by atoms with Gasteiger partial charge >= 0.3 is 0 Å². The molecule has 1 aliphatic carbocycles. The molecule has 0 aliphatic heterocycles. The van der Waals surface area contributed by atoms with E-state index in [9.17, 15) is 0 Å². The molecule has 0 unspecified atom stereocenters. The van der Waals surface area contributed by atoms with Crippen molar-refractivity contribution in [2.45, 2.75) is 58.8 Å². The zero-order chi connectivity index (χ0) is 9.94. The first-order valence-corrected chi connectivity index (χ1v) is 5.72. The lowest BCUT2D eigenvalue weighted by Crippen LogP contribution is -2.04. The van der Waals surface area contributed by atoms with Gasteiger partial charge in [-0.25, -0.2) is 5.48 Å². The fraction of sp³-hybridized carbons (Fsp3) is 1.00. The number of nitrogens with one attached hydrogen (secondary N) is 1. The van der Waals surface area contributed by atoms with Crippen molar-refractivity contribution in [3.63, 3.8) is 0 Å². The largest absolute Gasteiger partial charge is 0.317 e. The molecule has 0 heterocycles. The highest BCUT2D eigenvalue weighted by Crippen LogP contribution is 2.26. The lowest BCUT2D eigenvalue weighted by molar-refractivity contribution is 0.173. The fourth-order valence-electron chi connectivity index (χ4n) is 1.88. The van der Waals surface area contributed by atoms with Crippen LogP contribution in [0.2, 0.25) is 0 Å². The minimum Gasteiger partial charge on any atom is -0.317 e. The molecule has 0 saturated heterocycles. The van der Waals surface area contributed by atoms with Crippen molar-refractivity contribution < 1.29 is 5.21 Å². The molecule has 13 heavy (non-hydrogen) atoms. The normalized spacial score (nSPS) is 17.8. The molecular formula is C11H25NO. The Hall–Kier alpha value is -0.0800. The summed E-state index contributed by atoms with van der Waals surface area (Å²) in [5.41, 5.74) is 1.93. The van der Waals surface area contributed by atoms with Crippen molar-refractivity contribution in [1.82, 2.24) is 5.48 Å². The van der Waals surface area contributed by atoms with Gasteiger partial charge in [0.2, 0.25) is 0 Å². The van der Waals surface area contributed by atoms with Gasteiger partial charge in [0.1, 0.15) is 0 Å².